The van der Waals surface area contributed by atoms with Crippen LogP contribution < -0.4 is 5.32 Å². The third-order valence-corrected chi connectivity index (χ3v) is 6.81. The van der Waals surface area contributed by atoms with Crippen LogP contribution in [0.25, 0.3) is 10.9 Å². The predicted molar refractivity (Wildman–Crippen MR) is 117 cm³/mol. The Morgan fingerprint density at radius 3 is 2.71 bits per heavy atom. The van der Waals surface area contributed by atoms with Crippen molar-refractivity contribution >= 4 is 22.8 Å². The monoisotopic (exact) mass is 423 g/mol. The topological polar surface area (TPSA) is 103 Å². The summed E-state index contributed by atoms with van der Waals surface area (Å²) in [4.78, 5) is 27.4. The van der Waals surface area contributed by atoms with E-state index in [-0.39, 0.29) is 11.9 Å². The van der Waals surface area contributed by atoms with E-state index in [2.05, 4.69) is 33.9 Å². The number of pyridine rings is 1. The summed E-state index contributed by atoms with van der Waals surface area (Å²) in [6.07, 6.45) is 6.53. The van der Waals surface area contributed by atoms with Gasteiger partial charge in [-0.3, -0.25) is 14.7 Å². The van der Waals surface area contributed by atoms with Gasteiger partial charge in [-0.25, -0.2) is 4.79 Å². The van der Waals surface area contributed by atoms with Crippen LogP contribution in [0.1, 0.15) is 37.4 Å². The second-order valence-corrected chi connectivity index (χ2v) is 8.61. The zero-order valence-corrected chi connectivity index (χ0v) is 17.5. The SMILES string of the molecule is C=C[C@H]1CN2CC[C@H]1C[C@@H]2[C@@H](O)c1ccnc2ccccc12.O=C1CC[C@@H](C(=O)O)N1. The second-order valence-electron chi connectivity index (χ2n) is 8.61. The van der Waals surface area contributed by atoms with Crippen LogP contribution in [0.4, 0.5) is 0 Å². The number of carboxylic acids is 1. The molecule has 0 aliphatic carbocycles. The Bertz CT molecular complexity index is 973. The Labute approximate surface area is 181 Å². The minimum Gasteiger partial charge on any atom is -0.480 e. The molecule has 0 saturated carbocycles. The number of carbonyl (C=O) groups excluding carboxylic acids is 1. The van der Waals surface area contributed by atoms with Gasteiger partial charge in [-0.05, 0) is 55.3 Å². The van der Waals surface area contributed by atoms with Crippen LogP contribution in [0.3, 0.4) is 0 Å². The van der Waals surface area contributed by atoms with Crippen LogP contribution in [0.5, 0.6) is 0 Å². The lowest BCUT2D eigenvalue weighted by Gasteiger charge is -2.50. The molecule has 3 N–H and O–H groups in total. The first-order chi connectivity index (χ1) is 15.0. The van der Waals surface area contributed by atoms with Crippen LogP contribution in [-0.2, 0) is 9.59 Å². The predicted octanol–water partition coefficient (Wildman–Crippen LogP) is 2.51. The zero-order chi connectivity index (χ0) is 22.0. The van der Waals surface area contributed by atoms with Gasteiger partial charge in [0.2, 0.25) is 5.91 Å². The number of aliphatic carboxylic acids is 1. The molecule has 6 atom stereocenters. The molecule has 1 amide bonds. The van der Waals surface area contributed by atoms with E-state index in [4.69, 9.17) is 5.11 Å². The quantitative estimate of drug-likeness (QED) is 0.653. The van der Waals surface area contributed by atoms with Crippen molar-refractivity contribution in [3.8, 4) is 0 Å². The molecule has 2 aromatic rings. The summed E-state index contributed by atoms with van der Waals surface area (Å²) in [5.74, 6) is 0.157. The summed E-state index contributed by atoms with van der Waals surface area (Å²) in [5.41, 5.74) is 1.97. The van der Waals surface area contributed by atoms with Crippen LogP contribution in [0, 0.1) is 11.8 Å². The summed E-state index contributed by atoms with van der Waals surface area (Å²) >= 11 is 0. The van der Waals surface area contributed by atoms with Gasteiger partial charge in [0.05, 0.1) is 11.6 Å². The highest BCUT2D eigenvalue weighted by atomic mass is 16.4. The van der Waals surface area contributed by atoms with Gasteiger partial charge >= 0.3 is 5.97 Å². The number of aliphatic hydroxyl groups is 1. The lowest BCUT2D eigenvalue weighted by atomic mass is 9.73. The molecule has 164 valence electrons. The third-order valence-electron chi connectivity index (χ3n) is 6.81. The number of hydrogen-bond acceptors (Lipinski definition) is 5. The molecule has 31 heavy (non-hydrogen) atoms. The molecule has 4 aliphatic rings. The zero-order valence-electron chi connectivity index (χ0n) is 17.5. The molecule has 2 bridgehead atoms. The van der Waals surface area contributed by atoms with E-state index in [1.807, 2.05) is 30.5 Å². The normalized spacial score (nSPS) is 30.2. The van der Waals surface area contributed by atoms with Gasteiger partial charge in [0, 0.05) is 30.6 Å². The largest absolute Gasteiger partial charge is 0.480 e. The maximum absolute atomic E-state index is 11.0. The Kier molecular flexibility index (Phi) is 6.34. The molecular weight excluding hydrogens is 394 g/mol. The van der Waals surface area contributed by atoms with Crippen molar-refractivity contribution in [2.75, 3.05) is 13.1 Å². The van der Waals surface area contributed by atoms with Crippen molar-refractivity contribution in [3.63, 3.8) is 0 Å². The average Bonchev–Trinajstić information content (AvgIpc) is 3.25. The van der Waals surface area contributed by atoms with Gasteiger partial charge < -0.3 is 15.5 Å². The van der Waals surface area contributed by atoms with Gasteiger partial charge in [-0.1, -0.05) is 24.3 Å². The first kappa shape index (κ1) is 21.5. The number of benzene rings is 1. The summed E-state index contributed by atoms with van der Waals surface area (Å²) in [6.45, 7) is 6.11. The summed E-state index contributed by atoms with van der Waals surface area (Å²) < 4.78 is 0. The highest BCUT2D eigenvalue weighted by molar-refractivity contribution is 5.87. The molecule has 6 rings (SSSR count). The van der Waals surface area contributed by atoms with Gasteiger partial charge in [-0.2, -0.15) is 0 Å². The number of aromatic nitrogens is 1. The Morgan fingerprint density at radius 1 is 1.29 bits per heavy atom. The Hall–Kier alpha value is -2.77. The van der Waals surface area contributed by atoms with Crippen molar-refractivity contribution in [1.82, 2.24) is 15.2 Å². The molecule has 4 fully saturated rings. The highest BCUT2D eigenvalue weighted by Gasteiger charge is 2.42. The fraction of sp³-hybridized carbons (Fsp3) is 0.458. The molecule has 7 heteroatoms. The Morgan fingerprint density at radius 2 is 2.10 bits per heavy atom. The fourth-order valence-corrected chi connectivity index (χ4v) is 5.09. The van der Waals surface area contributed by atoms with Crippen molar-refractivity contribution in [2.24, 2.45) is 11.8 Å². The van der Waals surface area contributed by atoms with Crippen molar-refractivity contribution in [1.29, 1.82) is 0 Å². The third kappa shape index (κ3) is 4.48. The number of amides is 1. The maximum Gasteiger partial charge on any atom is 0.326 e. The number of nitrogens with one attached hydrogen (secondary N) is 1. The van der Waals surface area contributed by atoms with Crippen LogP contribution in [-0.4, -0.2) is 57.1 Å². The van der Waals surface area contributed by atoms with Crippen LogP contribution >= 0.6 is 0 Å². The lowest BCUT2D eigenvalue weighted by molar-refractivity contribution is -0.140. The number of carbonyl (C=O) groups is 2. The van der Waals surface area contributed by atoms with Crippen molar-refractivity contribution in [2.45, 2.75) is 43.9 Å². The van der Waals surface area contributed by atoms with E-state index in [1.54, 1.807) is 0 Å². The maximum atomic E-state index is 11.0. The molecule has 1 aromatic heterocycles. The molecule has 0 radical (unpaired) electrons. The van der Waals surface area contributed by atoms with Crippen LogP contribution in [0.15, 0.2) is 49.2 Å². The number of hydrogen-bond donors (Lipinski definition) is 3. The standard InChI is InChI=1S/C19H22N2O.C5H7NO3/c1-2-13-12-21-10-8-14(13)11-18(21)19(22)16-7-9-20-17-6-4-3-5-15(16)17;7-4-2-1-3(6-4)5(8)9/h2-7,9,13-14,18-19,22H,1,8,10-12H2;3H,1-2H2,(H,6,7)(H,8,9)/t13-,14-,18+,19-;3-/m00/s1. The number of aliphatic hydroxyl groups excluding tert-OH is 1. The van der Waals surface area contributed by atoms with Gasteiger partial charge in [0.15, 0.2) is 0 Å². The minimum absolute atomic E-state index is 0.164. The molecule has 7 nitrogen and oxygen atoms in total. The molecule has 4 aliphatic heterocycles. The Balaban J connectivity index is 0.000000217. The smallest absolute Gasteiger partial charge is 0.326 e. The number of para-hydroxylation sites is 1. The summed E-state index contributed by atoms with van der Waals surface area (Å²) in [7, 11) is 0. The highest BCUT2D eigenvalue weighted by Crippen LogP contribution is 2.41. The van der Waals surface area contributed by atoms with Crippen molar-refractivity contribution in [3.05, 3.63) is 54.7 Å². The van der Waals surface area contributed by atoms with E-state index < -0.39 is 18.1 Å². The molecule has 1 unspecified atom stereocenters. The van der Waals surface area contributed by atoms with E-state index in [0.717, 1.165) is 36.0 Å². The van der Waals surface area contributed by atoms with Gasteiger partial charge in [0.25, 0.3) is 0 Å². The lowest BCUT2D eigenvalue weighted by Crippen LogP contribution is -2.54. The number of fused-ring (bicyclic) bond motifs is 4. The molecule has 5 heterocycles. The van der Waals surface area contributed by atoms with E-state index >= 15 is 0 Å². The van der Waals surface area contributed by atoms with E-state index in [1.165, 1.54) is 6.42 Å². The fourth-order valence-electron chi connectivity index (χ4n) is 5.09. The van der Waals surface area contributed by atoms with Crippen LogP contribution in [0.2, 0.25) is 0 Å². The molecule has 1 aromatic carbocycles. The molecule has 4 saturated heterocycles. The molecule has 0 spiro atoms. The number of rotatable bonds is 4. The van der Waals surface area contributed by atoms with Gasteiger partial charge in [0.1, 0.15) is 6.04 Å². The number of piperidine rings is 3. The minimum atomic E-state index is -0.944. The first-order valence-electron chi connectivity index (χ1n) is 10.9. The second kappa shape index (κ2) is 9.16. The van der Waals surface area contributed by atoms with Gasteiger partial charge in [-0.15, -0.1) is 6.58 Å². The number of carboxylic acid groups (broad SMARTS) is 1. The van der Waals surface area contributed by atoms with Crippen molar-refractivity contribution < 1.29 is 19.8 Å². The van der Waals surface area contributed by atoms with E-state index in [0.29, 0.717) is 24.7 Å². The first-order valence-corrected chi connectivity index (χ1v) is 10.9. The van der Waals surface area contributed by atoms with E-state index in [9.17, 15) is 14.7 Å². The average molecular weight is 424 g/mol. The molecular formula is C24H29N3O4. The summed E-state index contributed by atoms with van der Waals surface area (Å²) in [6, 6.07) is 9.63. The summed E-state index contributed by atoms with van der Waals surface area (Å²) in [5, 5.41) is 22.7. The number of nitrogens with zero attached hydrogens (tertiary/aromatic N) is 2.